The molecule has 0 unspecified atom stereocenters. The highest BCUT2D eigenvalue weighted by Gasteiger charge is 2.15. The van der Waals surface area contributed by atoms with Crippen molar-refractivity contribution in [3.63, 3.8) is 0 Å². The van der Waals surface area contributed by atoms with E-state index in [1.807, 2.05) is 6.07 Å². The minimum absolute atomic E-state index is 0.108. The highest BCUT2D eigenvalue weighted by Crippen LogP contribution is 2.20. The Morgan fingerprint density at radius 2 is 1.69 bits per heavy atom. The van der Waals surface area contributed by atoms with Crippen LogP contribution in [0.1, 0.15) is 5.56 Å². The first-order chi connectivity index (χ1) is 13.8. The summed E-state index contributed by atoms with van der Waals surface area (Å²) >= 11 is 0. The lowest BCUT2D eigenvalue weighted by molar-refractivity contribution is 0.251. The number of carbonyl (C=O) groups is 1. The first-order valence-corrected chi connectivity index (χ1v) is 9.83. The molecule has 29 heavy (non-hydrogen) atoms. The number of pyridine rings is 1. The van der Waals surface area contributed by atoms with Gasteiger partial charge in [-0.05, 0) is 48.0 Å². The predicted molar refractivity (Wildman–Crippen MR) is 104 cm³/mol. The van der Waals surface area contributed by atoms with Gasteiger partial charge in [-0.3, -0.25) is 9.71 Å². The van der Waals surface area contributed by atoms with E-state index >= 15 is 0 Å². The Labute approximate surface area is 165 Å². The van der Waals surface area contributed by atoms with Gasteiger partial charge in [0.2, 0.25) is 0 Å². The summed E-state index contributed by atoms with van der Waals surface area (Å²) in [5.41, 5.74) is 1.09. The van der Waals surface area contributed by atoms with Crippen LogP contribution in [0.5, 0.6) is 0 Å². The maximum absolute atomic E-state index is 13.2. The molecule has 3 aromatic rings. The minimum Gasteiger partial charge on any atom is -0.334 e. The molecule has 2 aromatic carbocycles. The van der Waals surface area contributed by atoms with Gasteiger partial charge in [-0.2, -0.15) is 0 Å². The molecule has 1 heterocycles. The van der Waals surface area contributed by atoms with Crippen LogP contribution in [0.2, 0.25) is 0 Å². The molecule has 2 amide bonds. The third-order valence-corrected chi connectivity index (χ3v) is 5.17. The number of hydrogen-bond donors (Lipinski definition) is 3. The van der Waals surface area contributed by atoms with Crippen LogP contribution in [0.4, 0.5) is 25.0 Å². The first-order valence-electron chi connectivity index (χ1n) is 8.35. The number of aromatic nitrogens is 1. The van der Waals surface area contributed by atoms with Crippen molar-refractivity contribution in [1.29, 1.82) is 0 Å². The van der Waals surface area contributed by atoms with Gasteiger partial charge in [0, 0.05) is 30.7 Å². The highest BCUT2D eigenvalue weighted by atomic mass is 32.2. The standard InChI is InChI=1S/C19H16F2N4O3S/c20-17-8-5-15(10-18(17)21)25-29(27,28)16-6-3-14(4-7-16)24-19(26)23-12-13-2-1-9-22-11-13/h1-11,25H,12H2,(H2,23,24,26). The summed E-state index contributed by atoms with van der Waals surface area (Å²) < 4.78 is 53.1. The predicted octanol–water partition coefficient (Wildman–Crippen LogP) is 3.48. The van der Waals surface area contributed by atoms with Crippen molar-refractivity contribution in [3.8, 4) is 0 Å². The second-order valence-electron chi connectivity index (χ2n) is 5.93. The Balaban J connectivity index is 1.61. The molecule has 0 saturated heterocycles. The van der Waals surface area contributed by atoms with Gasteiger partial charge in [0.15, 0.2) is 11.6 Å². The van der Waals surface area contributed by atoms with Crippen LogP contribution >= 0.6 is 0 Å². The maximum atomic E-state index is 13.2. The third kappa shape index (κ3) is 5.48. The lowest BCUT2D eigenvalue weighted by atomic mass is 10.3. The second kappa shape index (κ2) is 8.65. The number of urea groups is 1. The van der Waals surface area contributed by atoms with E-state index in [1.165, 1.54) is 24.3 Å². The second-order valence-corrected chi connectivity index (χ2v) is 7.61. The molecule has 0 aliphatic heterocycles. The van der Waals surface area contributed by atoms with Crippen LogP contribution in [-0.4, -0.2) is 19.4 Å². The van der Waals surface area contributed by atoms with Gasteiger partial charge in [-0.25, -0.2) is 22.0 Å². The van der Waals surface area contributed by atoms with Gasteiger partial charge in [0.25, 0.3) is 10.0 Å². The Bertz CT molecular complexity index is 1110. The molecule has 0 radical (unpaired) electrons. The number of rotatable bonds is 6. The Hall–Kier alpha value is -3.53. The van der Waals surface area contributed by atoms with Gasteiger partial charge >= 0.3 is 6.03 Å². The van der Waals surface area contributed by atoms with Crippen molar-refractivity contribution in [2.75, 3.05) is 10.0 Å². The molecule has 150 valence electrons. The molecule has 0 bridgehead atoms. The van der Waals surface area contributed by atoms with Crippen LogP contribution in [0.3, 0.4) is 0 Å². The number of nitrogens with zero attached hydrogens (tertiary/aromatic N) is 1. The number of hydrogen-bond acceptors (Lipinski definition) is 4. The SMILES string of the molecule is O=C(NCc1cccnc1)Nc1ccc(S(=O)(=O)Nc2ccc(F)c(F)c2)cc1. The summed E-state index contributed by atoms with van der Waals surface area (Å²) in [6, 6.07) is 11.1. The average Bonchev–Trinajstić information content (AvgIpc) is 2.70. The van der Waals surface area contributed by atoms with Crippen molar-refractivity contribution in [3.05, 3.63) is 84.2 Å². The molecule has 0 spiro atoms. The number of sulfonamides is 1. The van der Waals surface area contributed by atoms with Gasteiger partial charge in [0.1, 0.15) is 0 Å². The van der Waals surface area contributed by atoms with Crippen LogP contribution in [0, 0.1) is 11.6 Å². The van der Waals surface area contributed by atoms with E-state index in [0.29, 0.717) is 5.69 Å². The van der Waals surface area contributed by atoms with Gasteiger partial charge < -0.3 is 10.6 Å². The molecule has 0 aliphatic rings. The summed E-state index contributed by atoms with van der Waals surface area (Å²) in [6.45, 7) is 0.282. The average molecular weight is 418 g/mol. The maximum Gasteiger partial charge on any atom is 0.319 e. The van der Waals surface area contributed by atoms with Gasteiger partial charge in [0.05, 0.1) is 10.6 Å². The molecule has 3 N–H and O–H groups in total. The zero-order valence-corrected chi connectivity index (χ0v) is 15.7. The molecule has 10 heteroatoms. The van der Waals surface area contributed by atoms with Gasteiger partial charge in [-0.1, -0.05) is 6.07 Å². The lowest BCUT2D eigenvalue weighted by Crippen LogP contribution is -2.28. The summed E-state index contributed by atoms with van der Waals surface area (Å²) in [6.07, 6.45) is 3.25. The minimum atomic E-state index is -4.01. The summed E-state index contributed by atoms with van der Waals surface area (Å²) in [7, 11) is -4.01. The molecule has 0 saturated carbocycles. The topological polar surface area (TPSA) is 100 Å². The van der Waals surface area contributed by atoms with Crippen LogP contribution in [0.15, 0.2) is 71.9 Å². The number of nitrogens with one attached hydrogen (secondary N) is 3. The monoisotopic (exact) mass is 418 g/mol. The van der Waals surface area contributed by atoms with Crippen molar-refractivity contribution >= 4 is 27.4 Å². The number of benzene rings is 2. The van der Waals surface area contributed by atoms with E-state index in [0.717, 1.165) is 23.8 Å². The molecular weight excluding hydrogens is 402 g/mol. The summed E-state index contributed by atoms with van der Waals surface area (Å²) in [5.74, 6) is -2.24. The fourth-order valence-corrected chi connectivity index (χ4v) is 3.40. The van der Waals surface area contributed by atoms with E-state index in [4.69, 9.17) is 0 Å². The number of amides is 2. The molecule has 7 nitrogen and oxygen atoms in total. The first kappa shape index (κ1) is 20.2. The molecule has 0 fully saturated rings. The largest absolute Gasteiger partial charge is 0.334 e. The quantitative estimate of drug-likeness (QED) is 0.571. The normalized spacial score (nSPS) is 11.0. The molecule has 0 aliphatic carbocycles. The zero-order valence-electron chi connectivity index (χ0n) is 14.9. The molecule has 0 atom stereocenters. The Morgan fingerprint density at radius 3 is 2.34 bits per heavy atom. The van der Waals surface area contributed by atoms with E-state index in [9.17, 15) is 22.0 Å². The van der Waals surface area contributed by atoms with Crippen molar-refractivity contribution in [2.45, 2.75) is 11.4 Å². The summed E-state index contributed by atoms with van der Waals surface area (Å²) in [4.78, 5) is 15.8. The summed E-state index contributed by atoms with van der Waals surface area (Å²) in [5, 5.41) is 5.23. The van der Waals surface area contributed by atoms with E-state index in [1.54, 1.807) is 18.5 Å². The van der Waals surface area contributed by atoms with E-state index in [-0.39, 0.29) is 17.1 Å². The van der Waals surface area contributed by atoms with Crippen LogP contribution in [0.25, 0.3) is 0 Å². The molecular formula is C19H16F2N4O3S. The Kier molecular flexibility index (Phi) is 6.03. The highest BCUT2D eigenvalue weighted by molar-refractivity contribution is 7.92. The zero-order chi connectivity index (χ0) is 20.9. The number of halogens is 2. The van der Waals surface area contributed by atoms with Crippen LogP contribution < -0.4 is 15.4 Å². The van der Waals surface area contributed by atoms with E-state index < -0.39 is 27.7 Å². The van der Waals surface area contributed by atoms with Gasteiger partial charge in [-0.15, -0.1) is 0 Å². The Morgan fingerprint density at radius 1 is 0.966 bits per heavy atom. The molecule has 3 rings (SSSR count). The fraction of sp³-hybridized carbons (Fsp3) is 0.0526. The number of carbonyl (C=O) groups excluding carboxylic acids is 1. The van der Waals surface area contributed by atoms with Crippen molar-refractivity contribution < 1.29 is 22.0 Å². The third-order valence-electron chi connectivity index (χ3n) is 3.77. The van der Waals surface area contributed by atoms with Crippen molar-refractivity contribution in [2.24, 2.45) is 0 Å². The van der Waals surface area contributed by atoms with E-state index in [2.05, 4.69) is 20.3 Å². The van der Waals surface area contributed by atoms with Crippen LogP contribution in [-0.2, 0) is 16.6 Å². The molecule has 1 aromatic heterocycles. The lowest BCUT2D eigenvalue weighted by Gasteiger charge is -2.10. The smallest absolute Gasteiger partial charge is 0.319 e. The number of anilines is 2. The van der Waals surface area contributed by atoms with Crippen molar-refractivity contribution in [1.82, 2.24) is 10.3 Å². The fourth-order valence-electron chi connectivity index (χ4n) is 2.35.